The molecule has 76 valence electrons. The standard InChI is InChI=1S/C13H12O2/c1-10(4-6-14)8-11-2-3-13-12(9-11)5-7-15-13/h2-3,5-9H,4H2,1H3/b10-8+. The largest absolute Gasteiger partial charge is 0.464 e. The van der Waals surface area contributed by atoms with Gasteiger partial charge in [-0.05, 0) is 30.7 Å². The summed E-state index contributed by atoms with van der Waals surface area (Å²) in [5, 5.41) is 1.09. The molecule has 0 amide bonds. The molecule has 0 radical (unpaired) electrons. The third-order valence-corrected chi connectivity index (χ3v) is 2.29. The summed E-state index contributed by atoms with van der Waals surface area (Å²) in [6, 6.07) is 7.91. The van der Waals surface area contributed by atoms with Crippen LogP contribution in [0, 0.1) is 0 Å². The molecule has 2 aromatic rings. The lowest BCUT2D eigenvalue weighted by Gasteiger charge is -1.96. The van der Waals surface area contributed by atoms with Gasteiger partial charge in [0.05, 0.1) is 6.26 Å². The maximum absolute atomic E-state index is 10.3. The molecular formula is C13H12O2. The predicted octanol–water partition coefficient (Wildman–Crippen LogP) is 3.43. The molecule has 0 atom stereocenters. The SMILES string of the molecule is C/C(=C\c1ccc2occc2c1)CC=O. The van der Waals surface area contributed by atoms with E-state index in [0.717, 1.165) is 28.4 Å². The zero-order valence-corrected chi connectivity index (χ0v) is 8.57. The second-order valence-corrected chi connectivity index (χ2v) is 3.58. The van der Waals surface area contributed by atoms with E-state index < -0.39 is 0 Å². The molecule has 0 fully saturated rings. The van der Waals surface area contributed by atoms with Crippen LogP contribution in [-0.4, -0.2) is 6.29 Å². The minimum absolute atomic E-state index is 0.490. The van der Waals surface area contributed by atoms with Crippen LogP contribution in [0.25, 0.3) is 17.0 Å². The molecule has 0 unspecified atom stereocenters. The molecule has 1 aromatic heterocycles. The molecule has 1 aromatic carbocycles. The Balaban J connectivity index is 2.35. The fourth-order valence-corrected chi connectivity index (χ4v) is 1.55. The third kappa shape index (κ3) is 2.15. The van der Waals surface area contributed by atoms with E-state index in [9.17, 15) is 4.79 Å². The first-order chi connectivity index (χ1) is 7.29. The first-order valence-corrected chi connectivity index (χ1v) is 4.87. The van der Waals surface area contributed by atoms with Gasteiger partial charge < -0.3 is 9.21 Å². The number of hydrogen-bond donors (Lipinski definition) is 0. The highest BCUT2D eigenvalue weighted by molar-refractivity contribution is 5.80. The summed E-state index contributed by atoms with van der Waals surface area (Å²) in [5.41, 5.74) is 3.05. The predicted molar refractivity (Wildman–Crippen MR) is 60.5 cm³/mol. The van der Waals surface area contributed by atoms with Crippen molar-refractivity contribution >= 4 is 23.3 Å². The van der Waals surface area contributed by atoms with E-state index in [2.05, 4.69) is 0 Å². The maximum atomic E-state index is 10.3. The average molecular weight is 200 g/mol. The molecule has 0 N–H and O–H groups in total. The number of benzene rings is 1. The Bertz CT molecular complexity index is 506. The van der Waals surface area contributed by atoms with E-state index >= 15 is 0 Å². The zero-order valence-electron chi connectivity index (χ0n) is 8.57. The van der Waals surface area contributed by atoms with E-state index in [1.807, 2.05) is 37.3 Å². The van der Waals surface area contributed by atoms with Gasteiger partial charge in [-0.15, -0.1) is 0 Å². The normalized spacial score (nSPS) is 11.9. The van der Waals surface area contributed by atoms with Crippen molar-refractivity contribution in [3.63, 3.8) is 0 Å². The van der Waals surface area contributed by atoms with Gasteiger partial charge >= 0.3 is 0 Å². The molecule has 0 saturated carbocycles. The Morgan fingerprint density at radius 2 is 2.27 bits per heavy atom. The van der Waals surface area contributed by atoms with Crippen molar-refractivity contribution in [2.24, 2.45) is 0 Å². The van der Waals surface area contributed by atoms with Gasteiger partial charge in [0.15, 0.2) is 0 Å². The topological polar surface area (TPSA) is 30.2 Å². The van der Waals surface area contributed by atoms with Crippen molar-refractivity contribution in [3.8, 4) is 0 Å². The smallest absolute Gasteiger partial charge is 0.133 e. The Morgan fingerprint density at radius 3 is 3.07 bits per heavy atom. The summed E-state index contributed by atoms with van der Waals surface area (Å²) in [6.45, 7) is 1.95. The number of hydrogen-bond acceptors (Lipinski definition) is 2. The summed E-state index contributed by atoms with van der Waals surface area (Å²) < 4.78 is 5.25. The van der Waals surface area contributed by atoms with Crippen molar-refractivity contribution in [3.05, 3.63) is 41.7 Å². The second kappa shape index (κ2) is 4.13. The van der Waals surface area contributed by atoms with Crippen molar-refractivity contribution < 1.29 is 9.21 Å². The van der Waals surface area contributed by atoms with E-state index in [0.29, 0.717) is 6.42 Å². The Kier molecular flexibility index (Phi) is 2.68. The van der Waals surface area contributed by atoms with Crippen molar-refractivity contribution in [2.45, 2.75) is 13.3 Å². The van der Waals surface area contributed by atoms with E-state index in [-0.39, 0.29) is 0 Å². The lowest BCUT2D eigenvalue weighted by molar-refractivity contribution is -0.107. The van der Waals surface area contributed by atoms with Crippen LogP contribution in [0.3, 0.4) is 0 Å². The molecule has 0 saturated heterocycles. The van der Waals surface area contributed by atoms with Gasteiger partial charge in [0, 0.05) is 11.8 Å². The third-order valence-electron chi connectivity index (χ3n) is 2.29. The van der Waals surface area contributed by atoms with Crippen molar-refractivity contribution in [2.75, 3.05) is 0 Å². The molecule has 0 aliphatic heterocycles. The number of allylic oxidation sites excluding steroid dienone is 1. The summed E-state index contributed by atoms with van der Waals surface area (Å²) in [7, 11) is 0. The van der Waals surface area contributed by atoms with Gasteiger partial charge in [-0.25, -0.2) is 0 Å². The molecule has 0 aliphatic rings. The van der Waals surface area contributed by atoms with Crippen LogP contribution >= 0.6 is 0 Å². The molecule has 0 aliphatic carbocycles. The zero-order chi connectivity index (χ0) is 10.7. The van der Waals surface area contributed by atoms with E-state index in [4.69, 9.17) is 4.42 Å². The van der Waals surface area contributed by atoms with Crippen LogP contribution in [-0.2, 0) is 4.79 Å². The number of carbonyl (C=O) groups excluding carboxylic acids is 1. The van der Waals surface area contributed by atoms with Crippen LogP contribution in [0.4, 0.5) is 0 Å². The van der Waals surface area contributed by atoms with E-state index in [1.165, 1.54) is 0 Å². The van der Waals surface area contributed by atoms with Gasteiger partial charge in [-0.1, -0.05) is 17.7 Å². The number of rotatable bonds is 3. The number of furan rings is 1. The molecule has 0 spiro atoms. The lowest BCUT2D eigenvalue weighted by Crippen LogP contribution is -1.79. The van der Waals surface area contributed by atoms with Crippen LogP contribution in [0.5, 0.6) is 0 Å². The van der Waals surface area contributed by atoms with Crippen LogP contribution in [0.1, 0.15) is 18.9 Å². The minimum atomic E-state index is 0.490. The van der Waals surface area contributed by atoms with Gasteiger partial charge in [0.1, 0.15) is 11.9 Å². The van der Waals surface area contributed by atoms with Crippen LogP contribution in [0.2, 0.25) is 0 Å². The summed E-state index contributed by atoms with van der Waals surface area (Å²) in [6.07, 6.45) is 5.10. The molecular weight excluding hydrogens is 188 g/mol. The molecule has 2 heteroatoms. The minimum Gasteiger partial charge on any atom is -0.464 e. The fourth-order valence-electron chi connectivity index (χ4n) is 1.55. The average Bonchev–Trinajstić information content (AvgIpc) is 2.65. The number of fused-ring (bicyclic) bond motifs is 1. The van der Waals surface area contributed by atoms with Crippen LogP contribution in [0.15, 0.2) is 40.5 Å². The summed E-state index contributed by atoms with van der Waals surface area (Å²) >= 11 is 0. The number of carbonyl (C=O) groups is 1. The highest BCUT2D eigenvalue weighted by atomic mass is 16.3. The Labute approximate surface area is 88.2 Å². The van der Waals surface area contributed by atoms with Gasteiger partial charge in [0.25, 0.3) is 0 Å². The van der Waals surface area contributed by atoms with E-state index in [1.54, 1.807) is 6.26 Å². The highest BCUT2D eigenvalue weighted by Gasteiger charge is 1.97. The quantitative estimate of drug-likeness (QED) is 0.710. The van der Waals surface area contributed by atoms with Crippen LogP contribution < -0.4 is 0 Å². The molecule has 0 bridgehead atoms. The maximum Gasteiger partial charge on any atom is 0.133 e. The monoisotopic (exact) mass is 200 g/mol. The van der Waals surface area contributed by atoms with Crippen molar-refractivity contribution in [1.29, 1.82) is 0 Å². The molecule has 1 heterocycles. The first-order valence-electron chi connectivity index (χ1n) is 4.87. The first kappa shape index (κ1) is 9.71. The molecule has 15 heavy (non-hydrogen) atoms. The fraction of sp³-hybridized carbons (Fsp3) is 0.154. The lowest BCUT2D eigenvalue weighted by atomic mass is 10.1. The van der Waals surface area contributed by atoms with Gasteiger partial charge in [0.2, 0.25) is 0 Å². The van der Waals surface area contributed by atoms with Crippen molar-refractivity contribution in [1.82, 2.24) is 0 Å². The summed E-state index contributed by atoms with van der Waals surface area (Å²) in [4.78, 5) is 10.3. The Morgan fingerprint density at radius 1 is 1.40 bits per heavy atom. The second-order valence-electron chi connectivity index (χ2n) is 3.58. The van der Waals surface area contributed by atoms with Gasteiger partial charge in [-0.2, -0.15) is 0 Å². The number of aldehydes is 1. The molecule has 2 nitrogen and oxygen atoms in total. The summed E-state index contributed by atoms with van der Waals surface area (Å²) in [5.74, 6) is 0. The highest BCUT2D eigenvalue weighted by Crippen LogP contribution is 2.18. The molecule has 2 rings (SSSR count). The Hall–Kier alpha value is -1.83. The van der Waals surface area contributed by atoms with Gasteiger partial charge in [-0.3, -0.25) is 0 Å².